The lowest BCUT2D eigenvalue weighted by molar-refractivity contribution is -0.126. The summed E-state index contributed by atoms with van der Waals surface area (Å²) in [6.07, 6.45) is -0.197. The smallest absolute Gasteiger partial charge is 0.268 e. The molecule has 0 saturated heterocycles. The van der Waals surface area contributed by atoms with Crippen LogP contribution < -0.4 is 19.3 Å². The number of benzene rings is 2. The normalized spacial score (nSPS) is 17.9. The van der Waals surface area contributed by atoms with Crippen LogP contribution in [0, 0.1) is 6.92 Å². The summed E-state index contributed by atoms with van der Waals surface area (Å²) in [6.45, 7) is 5.49. The number of aromatic nitrogens is 1. The van der Waals surface area contributed by atoms with Crippen LogP contribution in [0.1, 0.15) is 35.6 Å². The van der Waals surface area contributed by atoms with Gasteiger partial charge in [0.05, 0.1) is 28.1 Å². The summed E-state index contributed by atoms with van der Waals surface area (Å²) in [7, 11) is 1.65. The number of fused-ring (bicyclic) bond motifs is 2. The van der Waals surface area contributed by atoms with E-state index < -0.39 is 12.1 Å². The van der Waals surface area contributed by atoms with Crippen LogP contribution >= 0.6 is 11.3 Å². The van der Waals surface area contributed by atoms with Gasteiger partial charge in [-0.3, -0.25) is 19.3 Å². The molecule has 0 saturated carbocycles. The topological polar surface area (TPSA) is 89.0 Å². The Bertz CT molecular complexity index is 1350. The fourth-order valence-electron chi connectivity index (χ4n) is 4.38. The van der Waals surface area contributed by atoms with E-state index in [1.54, 1.807) is 43.5 Å². The van der Waals surface area contributed by atoms with Crippen LogP contribution in [0.3, 0.4) is 0 Å². The summed E-state index contributed by atoms with van der Waals surface area (Å²) in [6, 6.07) is 9.79. The van der Waals surface area contributed by atoms with Gasteiger partial charge in [-0.05, 0) is 56.7 Å². The minimum Gasteiger partial charge on any atom is -0.482 e. The summed E-state index contributed by atoms with van der Waals surface area (Å²) < 4.78 is 11.5. The largest absolute Gasteiger partial charge is 0.482 e. The van der Waals surface area contributed by atoms with Crippen LogP contribution in [0.4, 0.5) is 11.4 Å². The summed E-state index contributed by atoms with van der Waals surface area (Å²) in [5.41, 5.74) is 3.11. The van der Waals surface area contributed by atoms with E-state index in [1.807, 2.05) is 37.4 Å². The van der Waals surface area contributed by atoms with Crippen molar-refractivity contribution in [1.29, 1.82) is 0 Å². The Morgan fingerprint density at radius 3 is 2.66 bits per heavy atom. The third kappa shape index (κ3) is 3.95. The number of anilines is 2. The van der Waals surface area contributed by atoms with Gasteiger partial charge >= 0.3 is 0 Å². The highest BCUT2D eigenvalue weighted by molar-refractivity contribution is 7.09. The summed E-state index contributed by atoms with van der Waals surface area (Å²) in [5, 5.41) is 2.90. The number of ketones is 1. The van der Waals surface area contributed by atoms with Crippen molar-refractivity contribution >= 4 is 40.3 Å². The number of carbonyl (C=O) groups excluding carboxylic acids is 3. The highest BCUT2D eigenvalue weighted by Gasteiger charge is 2.39. The predicted octanol–water partition coefficient (Wildman–Crippen LogP) is 4.25. The molecule has 0 aliphatic carbocycles. The Morgan fingerprint density at radius 2 is 1.94 bits per heavy atom. The van der Waals surface area contributed by atoms with Crippen LogP contribution in [0.25, 0.3) is 11.3 Å². The molecule has 2 aliphatic rings. The van der Waals surface area contributed by atoms with E-state index in [0.29, 0.717) is 34.9 Å². The maximum absolute atomic E-state index is 13.6. The van der Waals surface area contributed by atoms with Gasteiger partial charge in [-0.15, -0.1) is 11.3 Å². The Labute approximate surface area is 207 Å². The number of thiazole rings is 1. The number of rotatable bonds is 5. The molecule has 3 heterocycles. The molecule has 0 fully saturated rings. The van der Waals surface area contributed by atoms with Crippen molar-refractivity contribution in [2.75, 3.05) is 23.5 Å². The van der Waals surface area contributed by atoms with Gasteiger partial charge in [0.25, 0.3) is 11.8 Å². The maximum Gasteiger partial charge on any atom is 0.268 e. The molecule has 8 nitrogen and oxygen atoms in total. The second-order valence-corrected chi connectivity index (χ2v) is 9.68. The van der Waals surface area contributed by atoms with E-state index in [2.05, 4.69) is 4.98 Å². The zero-order chi connectivity index (χ0) is 24.9. The lowest BCUT2D eigenvalue weighted by Crippen LogP contribution is -2.52. The molecule has 2 aliphatic heterocycles. The van der Waals surface area contributed by atoms with Gasteiger partial charge in [-0.25, -0.2) is 4.98 Å². The van der Waals surface area contributed by atoms with Gasteiger partial charge in [-0.1, -0.05) is 6.92 Å². The quantitative estimate of drug-likeness (QED) is 0.496. The molecule has 3 aromatic rings. The molecule has 0 bridgehead atoms. The number of aryl methyl sites for hydroxylation is 1. The molecular weight excluding hydrogens is 466 g/mol. The van der Waals surface area contributed by atoms with E-state index in [0.717, 1.165) is 16.3 Å². The van der Waals surface area contributed by atoms with Crippen molar-refractivity contribution in [3.05, 3.63) is 52.3 Å². The molecule has 2 aromatic carbocycles. The molecule has 2 amide bonds. The number of nitrogens with zero attached hydrogens (tertiary/aromatic N) is 3. The number of ether oxygens (including phenoxy) is 2. The van der Waals surface area contributed by atoms with Crippen LogP contribution in [-0.4, -0.2) is 48.4 Å². The van der Waals surface area contributed by atoms with Gasteiger partial charge < -0.3 is 14.4 Å². The minimum absolute atomic E-state index is 0.0362. The fraction of sp³-hybridized carbons (Fsp3) is 0.308. The Balaban J connectivity index is 1.54. The minimum atomic E-state index is -0.796. The van der Waals surface area contributed by atoms with Crippen LogP contribution in [0.15, 0.2) is 41.8 Å². The predicted molar refractivity (Wildman–Crippen MR) is 134 cm³/mol. The summed E-state index contributed by atoms with van der Waals surface area (Å²) in [5.74, 6) is 0.392. The van der Waals surface area contributed by atoms with Crippen molar-refractivity contribution in [2.24, 2.45) is 0 Å². The third-order valence-corrected chi connectivity index (χ3v) is 7.16. The number of amides is 2. The van der Waals surface area contributed by atoms with Gasteiger partial charge in [0.15, 0.2) is 18.5 Å². The first-order chi connectivity index (χ1) is 16.8. The average Bonchev–Trinajstić information content (AvgIpc) is 3.31. The molecule has 0 radical (unpaired) electrons. The SMILES string of the molecule is CCC1Oc2ccc(-c3csc(C)n3)cc2N(C(C)C(=O)c2ccc3c(c2)N(C)C(=O)CO3)C1=O. The van der Waals surface area contributed by atoms with Gasteiger partial charge in [0.2, 0.25) is 0 Å². The van der Waals surface area contributed by atoms with E-state index in [1.165, 1.54) is 9.80 Å². The van der Waals surface area contributed by atoms with Crippen LogP contribution in [0.5, 0.6) is 11.5 Å². The molecule has 1 aromatic heterocycles. The van der Waals surface area contributed by atoms with Crippen molar-refractivity contribution in [3.63, 3.8) is 0 Å². The lowest BCUT2D eigenvalue weighted by Gasteiger charge is -2.37. The Morgan fingerprint density at radius 1 is 1.17 bits per heavy atom. The standard InChI is InChI=1S/C26H25N3O5S/c1-5-21-26(32)29(20-10-16(6-9-23(20)34-21)18-13-35-15(3)27-18)14(2)25(31)17-7-8-22-19(11-17)28(4)24(30)12-33-22/h6-11,13-14,21H,5,12H2,1-4H3. The van der Waals surface area contributed by atoms with Crippen molar-refractivity contribution < 1.29 is 23.9 Å². The van der Waals surface area contributed by atoms with Crippen molar-refractivity contribution in [1.82, 2.24) is 4.98 Å². The highest BCUT2D eigenvalue weighted by atomic mass is 32.1. The molecule has 0 spiro atoms. The molecule has 2 atom stereocenters. The number of hydrogen-bond acceptors (Lipinski definition) is 7. The van der Waals surface area contributed by atoms with Gasteiger partial charge in [0.1, 0.15) is 11.5 Å². The van der Waals surface area contributed by atoms with E-state index >= 15 is 0 Å². The number of carbonyl (C=O) groups is 3. The first-order valence-corrected chi connectivity index (χ1v) is 12.3. The summed E-state index contributed by atoms with van der Waals surface area (Å²) in [4.78, 5) is 46.7. The molecule has 180 valence electrons. The molecule has 2 unspecified atom stereocenters. The van der Waals surface area contributed by atoms with E-state index in [9.17, 15) is 14.4 Å². The second-order valence-electron chi connectivity index (χ2n) is 8.62. The molecule has 5 rings (SSSR count). The number of likely N-dealkylation sites (N-methyl/N-ethyl adjacent to an activating group) is 1. The zero-order valence-electron chi connectivity index (χ0n) is 19.9. The van der Waals surface area contributed by atoms with Crippen molar-refractivity contribution in [2.45, 2.75) is 39.3 Å². The molecule has 35 heavy (non-hydrogen) atoms. The monoisotopic (exact) mass is 491 g/mol. The first kappa shape index (κ1) is 23.0. The summed E-state index contributed by atoms with van der Waals surface area (Å²) >= 11 is 1.55. The fourth-order valence-corrected chi connectivity index (χ4v) is 5.00. The average molecular weight is 492 g/mol. The van der Waals surface area contributed by atoms with Gasteiger partial charge in [0, 0.05) is 23.6 Å². The first-order valence-electron chi connectivity index (χ1n) is 11.4. The van der Waals surface area contributed by atoms with E-state index in [-0.39, 0.29) is 24.2 Å². The zero-order valence-corrected chi connectivity index (χ0v) is 20.7. The van der Waals surface area contributed by atoms with Gasteiger partial charge in [-0.2, -0.15) is 0 Å². The van der Waals surface area contributed by atoms with Crippen LogP contribution in [0.2, 0.25) is 0 Å². The molecule has 0 N–H and O–H groups in total. The third-order valence-electron chi connectivity index (χ3n) is 6.38. The Kier molecular flexibility index (Phi) is 5.80. The number of hydrogen-bond donors (Lipinski definition) is 0. The number of Topliss-reactive ketones (excluding diaryl/α,β-unsaturated/α-hetero) is 1. The molecular formula is C26H25N3O5S. The van der Waals surface area contributed by atoms with Crippen LogP contribution in [-0.2, 0) is 9.59 Å². The van der Waals surface area contributed by atoms with E-state index in [4.69, 9.17) is 9.47 Å². The maximum atomic E-state index is 13.6. The lowest BCUT2D eigenvalue weighted by atomic mass is 9.99. The Hall–Kier alpha value is -3.72. The second kappa shape index (κ2) is 8.81. The highest BCUT2D eigenvalue weighted by Crippen LogP contribution is 2.40. The molecule has 9 heteroatoms. The van der Waals surface area contributed by atoms with Crippen molar-refractivity contribution in [3.8, 4) is 22.8 Å².